The molecule has 0 saturated carbocycles. The number of piperidine rings is 1. The number of rotatable bonds is 3. The zero-order valence-electron chi connectivity index (χ0n) is 10.6. The standard InChI is InChI=1S/C14H18FN3/c1-2-18(13-4-3-5-17-10-13)14-7-11(9-16)6-12(15)8-14/h6-8,13,17H,2-5,10H2,1H3. The second kappa shape index (κ2) is 5.83. The third-order valence-corrected chi connectivity index (χ3v) is 3.40. The van der Waals surface area contributed by atoms with Crippen molar-refractivity contribution in [1.29, 1.82) is 5.26 Å². The number of likely N-dealkylation sites (N-methyl/N-ethyl adjacent to an activating group) is 1. The van der Waals surface area contributed by atoms with Gasteiger partial charge in [-0.1, -0.05) is 0 Å². The van der Waals surface area contributed by atoms with Gasteiger partial charge in [0.1, 0.15) is 5.82 Å². The zero-order chi connectivity index (χ0) is 13.0. The molecule has 1 unspecified atom stereocenters. The minimum absolute atomic E-state index is 0.341. The van der Waals surface area contributed by atoms with Crippen LogP contribution in [0.1, 0.15) is 25.3 Å². The predicted octanol–water partition coefficient (Wildman–Crippen LogP) is 2.28. The van der Waals surface area contributed by atoms with Gasteiger partial charge in [0.2, 0.25) is 0 Å². The van der Waals surface area contributed by atoms with Crippen LogP contribution >= 0.6 is 0 Å². The van der Waals surface area contributed by atoms with E-state index in [1.54, 1.807) is 6.07 Å². The highest BCUT2D eigenvalue weighted by Gasteiger charge is 2.20. The van der Waals surface area contributed by atoms with Crippen molar-refractivity contribution >= 4 is 5.69 Å². The molecule has 0 aromatic heterocycles. The Kier molecular flexibility index (Phi) is 4.16. The lowest BCUT2D eigenvalue weighted by molar-refractivity contribution is 0.435. The number of nitrogens with zero attached hydrogens (tertiary/aromatic N) is 2. The van der Waals surface area contributed by atoms with Crippen LogP contribution in [0.25, 0.3) is 0 Å². The smallest absolute Gasteiger partial charge is 0.126 e. The Morgan fingerprint density at radius 2 is 2.33 bits per heavy atom. The van der Waals surface area contributed by atoms with Gasteiger partial charge < -0.3 is 10.2 Å². The molecule has 1 heterocycles. The molecule has 1 N–H and O–H groups in total. The van der Waals surface area contributed by atoms with Gasteiger partial charge in [-0.25, -0.2) is 4.39 Å². The van der Waals surface area contributed by atoms with Crippen LogP contribution in [-0.4, -0.2) is 25.7 Å². The van der Waals surface area contributed by atoms with Gasteiger partial charge in [-0.05, 0) is 44.5 Å². The molecule has 4 heteroatoms. The lowest BCUT2D eigenvalue weighted by Gasteiger charge is -2.35. The van der Waals surface area contributed by atoms with Crippen LogP contribution < -0.4 is 10.2 Å². The second-order valence-electron chi connectivity index (χ2n) is 4.60. The van der Waals surface area contributed by atoms with E-state index in [4.69, 9.17) is 5.26 Å². The van der Waals surface area contributed by atoms with E-state index < -0.39 is 0 Å². The molecule has 1 aliphatic rings. The molecule has 1 aliphatic heterocycles. The van der Waals surface area contributed by atoms with Crippen molar-refractivity contribution in [3.05, 3.63) is 29.6 Å². The quantitative estimate of drug-likeness (QED) is 0.890. The normalized spacial score (nSPS) is 19.3. The van der Waals surface area contributed by atoms with Crippen LogP contribution in [0, 0.1) is 17.1 Å². The van der Waals surface area contributed by atoms with E-state index in [0.29, 0.717) is 11.6 Å². The summed E-state index contributed by atoms with van der Waals surface area (Å²) in [5.74, 6) is -0.341. The first-order chi connectivity index (χ1) is 8.74. The van der Waals surface area contributed by atoms with E-state index in [1.165, 1.54) is 12.1 Å². The van der Waals surface area contributed by atoms with Crippen molar-refractivity contribution in [3.63, 3.8) is 0 Å². The third kappa shape index (κ3) is 2.80. The number of halogens is 1. The molecule has 3 nitrogen and oxygen atoms in total. The molecule has 0 amide bonds. The van der Waals surface area contributed by atoms with E-state index in [9.17, 15) is 4.39 Å². The highest BCUT2D eigenvalue weighted by Crippen LogP contribution is 2.23. The maximum atomic E-state index is 13.5. The fourth-order valence-corrected chi connectivity index (χ4v) is 2.56. The molecule has 0 radical (unpaired) electrons. The molecular weight excluding hydrogens is 229 g/mol. The summed E-state index contributed by atoms with van der Waals surface area (Å²) in [7, 11) is 0. The van der Waals surface area contributed by atoms with E-state index >= 15 is 0 Å². The molecular formula is C14H18FN3. The number of nitriles is 1. The molecule has 1 atom stereocenters. The third-order valence-electron chi connectivity index (χ3n) is 3.40. The summed E-state index contributed by atoms with van der Waals surface area (Å²) in [5.41, 5.74) is 1.19. The summed E-state index contributed by atoms with van der Waals surface area (Å²) < 4.78 is 13.5. The molecule has 96 valence electrons. The van der Waals surface area contributed by atoms with Gasteiger partial charge in [0.05, 0.1) is 11.6 Å². The van der Waals surface area contributed by atoms with Gasteiger partial charge in [0.25, 0.3) is 0 Å². The van der Waals surface area contributed by atoms with E-state index in [1.807, 2.05) is 6.07 Å². The zero-order valence-corrected chi connectivity index (χ0v) is 10.6. The Morgan fingerprint density at radius 3 is 2.94 bits per heavy atom. The lowest BCUT2D eigenvalue weighted by Crippen LogP contribution is -2.46. The van der Waals surface area contributed by atoms with Gasteiger partial charge >= 0.3 is 0 Å². The first kappa shape index (κ1) is 12.8. The Bertz CT molecular complexity index is 447. The maximum Gasteiger partial charge on any atom is 0.126 e. The number of benzene rings is 1. The molecule has 1 fully saturated rings. The van der Waals surface area contributed by atoms with Crippen molar-refractivity contribution in [2.75, 3.05) is 24.5 Å². The molecule has 1 aromatic rings. The number of hydrogen-bond donors (Lipinski definition) is 1. The highest BCUT2D eigenvalue weighted by molar-refractivity contribution is 5.52. The Hall–Kier alpha value is -1.60. The number of hydrogen-bond acceptors (Lipinski definition) is 3. The Morgan fingerprint density at radius 1 is 1.50 bits per heavy atom. The van der Waals surface area contributed by atoms with Gasteiger partial charge in [0, 0.05) is 24.8 Å². The summed E-state index contributed by atoms with van der Waals surface area (Å²) in [5, 5.41) is 12.3. The fraction of sp³-hybridized carbons (Fsp3) is 0.500. The highest BCUT2D eigenvalue weighted by atomic mass is 19.1. The summed E-state index contributed by atoms with van der Waals surface area (Å²) >= 11 is 0. The summed E-state index contributed by atoms with van der Waals surface area (Å²) in [4.78, 5) is 2.18. The number of anilines is 1. The van der Waals surface area contributed by atoms with Crippen LogP contribution in [0.5, 0.6) is 0 Å². The largest absolute Gasteiger partial charge is 0.367 e. The molecule has 1 aromatic carbocycles. The van der Waals surface area contributed by atoms with Gasteiger partial charge in [-0.15, -0.1) is 0 Å². The van der Waals surface area contributed by atoms with Crippen LogP contribution in [0.2, 0.25) is 0 Å². The van der Waals surface area contributed by atoms with Crippen molar-refractivity contribution < 1.29 is 4.39 Å². The molecule has 2 rings (SSSR count). The first-order valence-electron chi connectivity index (χ1n) is 6.42. The fourth-order valence-electron chi connectivity index (χ4n) is 2.56. The molecule has 0 aliphatic carbocycles. The summed E-state index contributed by atoms with van der Waals surface area (Å²) in [6.07, 6.45) is 2.25. The molecule has 1 saturated heterocycles. The van der Waals surface area contributed by atoms with E-state index in [2.05, 4.69) is 17.1 Å². The van der Waals surface area contributed by atoms with Crippen molar-refractivity contribution in [2.45, 2.75) is 25.8 Å². The van der Waals surface area contributed by atoms with Crippen LogP contribution in [0.15, 0.2) is 18.2 Å². The lowest BCUT2D eigenvalue weighted by atomic mass is 10.0. The first-order valence-corrected chi connectivity index (χ1v) is 6.42. The summed E-state index contributed by atoms with van der Waals surface area (Å²) in [6.45, 7) is 4.86. The number of nitrogens with one attached hydrogen (secondary N) is 1. The molecule has 18 heavy (non-hydrogen) atoms. The van der Waals surface area contributed by atoms with Crippen LogP contribution in [0.4, 0.5) is 10.1 Å². The van der Waals surface area contributed by atoms with Gasteiger partial charge in [0.15, 0.2) is 0 Å². The molecule has 0 bridgehead atoms. The van der Waals surface area contributed by atoms with Gasteiger partial charge in [-0.2, -0.15) is 5.26 Å². The van der Waals surface area contributed by atoms with Crippen LogP contribution in [0.3, 0.4) is 0 Å². The Balaban J connectivity index is 2.26. The van der Waals surface area contributed by atoms with Crippen molar-refractivity contribution in [1.82, 2.24) is 5.32 Å². The topological polar surface area (TPSA) is 39.1 Å². The molecule has 0 spiro atoms. The van der Waals surface area contributed by atoms with E-state index in [0.717, 1.165) is 38.2 Å². The van der Waals surface area contributed by atoms with Crippen LogP contribution in [-0.2, 0) is 0 Å². The summed E-state index contributed by atoms with van der Waals surface area (Å²) in [6, 6.07) is 6.95. The minimum Gasteiger partial charge on any atom is -0.367 e. The monoisotopic (exact) mass is 247 g/mol. The van der Waals surface area contributed by atoms with Gasteiger partial charge in [-0.3, -0.25) is 0 Å². The Labute approximate surface area is 107 Å². The van der Waals surface area contributed by atoms with Crippen molar-refractivity contribution in [2.24, 2.45) is 0 Å². The average molecular weight is 247 g/mol. The SMILES string of the molecule is CCN(c1cc(F)cc(C#N)c1)C1CCCNC1. The maximum absolute atomic E-state index is 13.5. The van der Waals surface area contributed by atoms with E-state index in [-0.39, 0.29) is 5.82 Å². The average Bonchev–Trinajstić information content (AvgIpc) is 2.40. The minimum atomic E-state index is -0.341. The van der Waals surface area contributed by atoms with Crippen molar-refractivity contribution in [3.8, 4) is 6.07 Å². The second-order valence-corrected chi connectivity index (χ2v) is 4.60. The predicted molar refractivity (Wildman–Crippen MR) is 70.0 cm³/mol.